The number of pyridine rings is 1. The van der Waals surface area contributed by atoms with Crippen molar-refractivity contribution >= 4 is 0 Å². The van der Waals surface area contributed by atoms with Gasteiger partial charge in [-0.3, -0.25) is 9.88 Å². The summed E-state index contributed by atoms with van der Waals surface area (Å²) < 4.78 is 18.6. The molecule has 2 aliphatic heterocycles. The molecule has 4 heteroatoms. The predicted octanol–water partition coefficient (Wildman–Crippen LogP) is 3.69. The molecule has 1 aromatic heterocycles. The fourth-order valence-corrected chi connectivity index (χ4v) is 4.24. The molecule has 2 aromatic rings. The van der Waals surface area contributed by atoms with Crippen LogP contribution in [0.15, 0.2) is 48.8 Å². The van der Waals surface area contributed by atoms with E-state index in [0.29, 0.717) is 11.3 Å². The van der Waals surface area contributed by atoms with E-state index in [-0.39, 0.29) is 5.82 Å². The van der Waals surface area contributed by atoms with Crippen LogP contribution >= 0.6 is 0 Å². The molecule has 0 amide bonds. The first-order valence-electron chi connectivity index (χ1n) is 9.17. The minimum Gasteiger partial charge on any atom is -0.381 e. The number of aromatic nitrogens is 1. The maximum absolute atomic E-state index is 13.1. The SMILES string of the molecule is Fc1ccc(CC[C@@]2(C3COC3)CCN(Cc3cccnc3)C2)cc1. The quantitative estimate of drug-likeness (QED) is 0.802. The highest BCUT2D eigenvalue weighted by molar-refractivity contribution is 5.17. The van der Waals surface area contributed by atoms with Crippen molar-refractivity contribution < 1.29 is 9.13 Å². The maximum atomic E-state index is 13.1. The van der Waals surface area contributed by atoms with Crippen molar-refractivity contribution in [2.24, 2.45) is 11.3 Å². The lowest BCUT2D eigenvalue weighted by Gasteiger charge is -2.43. The Morgan fingerprint density at radius 3 is 2.68 bits per heavy atom. The van der Waals surface area contributed by atoms with Gasteiger partial charge in [0.2, 0.25) is 0 Å². The fourth-order valence-electron chi connectivity index (χ4n) is 4.24. The lowest BCUT2D eigenvalue weighted by molar-refractivity contribution is -0.0987. The molecule has 0 spiro atoms. The highest BCUT2D eigenvalue weighted by Crippen LogP contribution is 2.45. The smallest absolute Gasteiger partial charge is 0.123 e. The van der Waals surface area contributed by atoms with Crippen LogP contribution < -0.4 is 0 Å². The van der Waals surface area contributed by atoms with Gasteiger partial charge in [0.1, 0.15) is 5.82 Å². The predicted molar refractivity (Wildman–Crippen MR) is 95.6 cm³/mol. The summed E-state index contributed by atoms with van der Waals surface area (Å²) in [4.78, 5) is 6.79. The summed E-state index contributed by atoms with van der Waals surface area (Å²) in [6.45, 7) is 5.01. The van der Waals surface area contributed by atoms with E-state index in [9.17, 15) is 4.39 Å². The molecule has 2 saturated heterocycles. The number of halogens is 1. The molecule has 1 atom stereocenters. The third-order valence-electron chi connectivity index (χ3n) is 5.92. The second-order valence-electron chi connectivity index (χ2n) is 7.55. The van der Waals surface area contributed by atoms with E-state index in [0.717, 1.165) is 45.7 Å². The first kappa shape index (κ1) is 16.7. The number of nitrogens with zero attached hydrogens (tertiary/aromatic N) is 2. The van der Waals surface area contributed by atoms with Crippen LogP contribution in [0.2, 0.25) is 0 Å². The van der Waals surface area contributed by atoms with Crippen molar-refractivity contribution in [2.45, 2.75) is 25.8 Å². The zero-order valence-corrected chi connectivity index (χ0v) is 14.5. The molecule has 132 valence electrons. The van der Waals surface area contributed by atoms with Crippen LogP contribution in [0.3, 0.4) is 0 Å². The Kier molecular flexibility index (Phi) is 4.82. The molecule has 0 radical (unpaired) electrons. The summed E-state index contributed by atoms with van der Waals surface area (Å²) in [6.07, 6.45) is 7.17. The molecule has 2 aliphatic rings. The Bertz CT molecular complexity index is 687. The number of hydrogen-bond donors (Lipinski definition) is 0. The molecule has 0 bridgehead atoms. The van der Waals surface area contributed by atoms with Crippen LogP contribution in [0.5, 0.6) is 0 Å². The van der Waals surface area contributed by atoms with Gasteiger partial charge >= 0.3 is 0 Å². The average molecular weight is 340 g/mol. The summed E-state index contributed by atoms with van der Waals surface area (Å²) in [5, 5.41) is 0. The normalized spacial score (nSPS) is 24.4. The molecule has 0 unspecified atom stereocenters. The Labute approximate surface area is 148 Å². The number of aryl methyl sites for hydroxylation is 1. The second-order valence-corrected chi connectivity index (χ2v) is 7.55. The Morgan fingerprint density at radius 2 is 2.00 bits per heavy atom. The number of rotatable bonds is 6. The van der Waals surface area contributed by atoms with Gasteiger partial charge in [0, 0.05) is 31.4 Å². The molecular formula is C21H25FN2O. The first-order chi connectivity index (χ1) is 12.2. The lowest BCUT2D eigenvalue weighted by Crippen LogP contribution is -2.45. The molecular weight excluding hydrogens is 315 g/mol. The highest BCUT2D eigenvalue weighted by atomic mass is 19.1. The van der Waals surface area contributed by atoms with Gasteiger partial charge < -0.3 is 4.74 Å². The van der Waals surface area contributed by atoms with Crippen molar-refractivity contribution in [1.82, 2.24) is 9.88 Å². The van der Waals surface area contributed by atoms with E-state index in [1.807, 2.05) is 30.6 Å². The van der Waals surface area contributed by atoms with E-state index >= 15 is 0 Å². The zero-order valence-electron chi connectivity index (χ0n) is 14.5. The van der Waals surface area contributed by atoms with Gasteiger partial charge in [-0.05, 0) is 60.5 Å². The summed E-state index contributed by atoms with van der Waals surface area (Å²) in [6, 6.07) is 11.1. The summed E-state index contributed by atoms with van der Waals surface area (Å²) in [5.74, 6) is 0.501. The van der Waals surface area contributed by atoms with Gasteiger partial charge in [0.15, 0.2) is 0 Å². The molecule has 25 heavy (non-hydrogen) atoms. The zero-order chi connectivity index (χ0) is 17.1. The minimum absolute atomic E-state index is 0.158. The molecule has 3 heterocycles. The standard InChI is InChI=1S/C21H25FN2O/c22-20-5-3-17(4-6-20)7-8-21(19-14-25-15-19)9-11-24(16-21)13-18-2-1-10-23-12-18/h1-6,10,12,19H,7-9,11,13-16H2/t21-/m1/s1. The van der Waals surface area contributed by atoms with Gasteiger partial charge in [0.05, 0.1) is 13.2 Å². The van der Waals surface area contributed by atoms with Gasteiger partial charge in [-0.15, -0.1) is 0 Å². The molecule has 3 nitrogen and oxygen atoms in total. The number of benzene rings is 1. The summed E-state index contributed by atoms with van der Waals surface area (Å²) in [7, 11) is 0. The number of ether oxygens (including phenoxy) is 1. The van der Waals surface area contributed by atoms with E-state index in [2.05, 4.69) is 16.0 Å². The molecule has 1 aromatic carbocycles. The third kappa shape index (κ3) is 3.75. The van der Waals surface area contributed by atoms with Crippen LogP contribution in [0.25, 0.3) is 0 Å². The molecule has 4 rings (SSSR count). The van der Waals surface area contributed by atoms with Gasteiger partial charge in [0.25, 0.3) is 0 Å². The fraction of sp³-hybridized carbons (Fsp3) is 0.476. The van der Waals surface area contributed by atoms with Crippen molar-refractivity contribution in [2.75, 3.05) is 26.3 Å². The molecule has 2 fully saturated rings. The summed E-state index contributed by atoms with van der Waals surface area (Å²) in [5.41, 5.74) is 2.84. The third-order valence-corrected chi connectivity index (χ3v) is 5.92. The molecule has 0 saturated carbocycles. The van der Waals surface area contributed by atoms with Crippen LogP contribution in [-0.4, -0.2) is 36.2 Å². The van der Waals surface area contributed by atoms with E-state index < -0.39 is 0 Å². The second kappa shape index (κ2) is 7.22. The van der Waals surface area contributed by atoms with Crippen molar-refractivity contribution in [1.29, 1.82) is 0 Å². The maximum Gasteiger partial charge on any atom is 0.123 e. The Balaban J connectivity index is 1.42. The van der Waals surface area contributed by atoms with E-state index in [4.69, 9.17) is 4.74 Å². The van der Waals surface area contributed by atoms with Gasteiger partial charge in [-0.25, -0.2) is 4.39 Å². The molecule has 0 N–H and O–H groups in total. The number of hydrogen-bond acceptors (Lipinski definition) is 3. The molecule has 0 aliphatic carbocycles. The Hall–Kier alpha value is -1.78. The van der Waals surface area contributed by atoms with Crippen molar-refractivity contribution in [3.05, 3.63) is 65.7 Å². The van der Waals surface area contributed by atoms with Gasteiger partial charge in [-0.1, -0.05) is 18.2 Å². The van der Waals surface area contributed by atoms with Gasteiger partial charge in [-0.2, -0.15) is 0 Å². The number of likely N-dealkylation sites (tertiary alicyclic amines) is 1. The Morgan fingerprint density at radius 1 is 1.16 bits per heavy atom. The van der Waals surface area contributed by atoms with Crippen LogP contribution in [0.4, 0.5) is 4.39 Å². The van der Waals surface area contributed by atoms with Crippen molar-refractivity contribution in [3.8, 4) is 0 Å². The lowest BCUT2D eigenvalue weighted by atomic mass is 9.70. The highest BCUT2D eigenvalue weighted by Gasteiger charge is 2.46. The van der Waals surface area contributed by atoms with E-state index in [1.54, 1.807) is 12.1 Å². The van der Waals surface area contributed by atoms with Crippen LogP contribution in [0, 0.1) is 17.2 Å². The topological polar surface area (TPSA) is 25.4 Å². The minimum atomic E-state index is -0.158. The largest absolute Gasteiger partial charge is 0.381 e. The monoisotopic (exact) mass is 340 g/mol. The van der Waals surface area contributed by atoms with Crippen LogP contribution in [-0.2, 0) is 17.7 Å². The van der Waals surface area contributed by atoms with Crippen molar-refractivity contribution in [3.63, 3.8) is 0 Å². The van der Waals surface area contributed by atoms with E-state index in [1.165, 1.54) is 17.5 Å². The first-order valence-corrected chi connectivity index (χ1v) is 9.17. The average Bonchev–Trinajstić information content (AvgIpc) is 2.97. The van der Waals surface area contributed by atoms with Crippen LogP contribution in [0.1, 0.15) is 24.0 Å². The summed E-state index contributed by atoms with van der Waals surface area (Å²) >= 11 is 0.